The average Bonchev–Trinajstić information content (AvgIpc) is 1.56. The van der Waals surface area contributed by atoms with Crippen LogP contribution in [0.1, 0.15) is 167 Å². The number of para-hydroxylation sites is 1. The van der Waals surface area contributed by atoms with Crippen LogP contribution >= 0.6 is 0 Å². The molecule has 0 aromatic heterocycles. The van der Waals surface area contributed by atoms with Gasteiger partial charge in [-0.05, 0) is 150 Å². The van der Waals surface area contributed by atoms with E-state index in [2.05, 4.69) is 56.4 Å². The molecule has 5 aromatic carbocycles. The summed E-state index contributed by atoms with van der Waals surface area (Å²) in [6.07, 6.45) is 6.38. The number of anilines is 4. The second-order valence-corrected chi connectivity index (χ2v) is 29.6. The molecular weight excluding hydrogens is 1330 g/mol. The molecule has 0 unspecified atom stereocenters. The Hall–Kier alpha value is -10.1. The summed E-state index contributed by atoms with van der Waals surface area (Å²) in [4.78, 5) is 117. The number of ether oxygens (including phenoxy) is 5. The molecule has 5 aromatic rings. The van der Waals surface area contributed by atoms with Gasteiger partial charge in [-0.2, -0.15) is 0 Å². The first-order chi connectivity index (χ1) is 50.1. The Labute approximate surface area is 606 Å². The van der Waals surface area contributed by atoms with E-state index in [9.17, 15) is 43.5 Å². The van der Waals surface area contributed by atoms with Gasteiger partial charge < -0.3 is 75.5 Å². The normalized spacial score (nSPS) is 19.6. The molecule has 0 bridgehead atoms. The summed E-state index contributed by atoms with van der Waals surface area (Å²) >= 11 is 0. The van der Waals surface area contributed by atoms with Crippen LogP contribution in [0.2, 0.25) is 0 Å². The SMILES string of the molecule is COc1cc2c(cc1OCCCCCOc1cc3c(cc1OC)C(=O)N1CC4(CC4)C[C@H]1[C@H](O)N3C(=O)OCc1ccc(NC(=O)[C@H](C)NC(=O)[C@@H](NC(=O)CCCCNC(=O)CCC(=O)N3Cc4ccccc4C4=C(c5ccccc53)N(C(C)C)NN4)C(C)C)cc1)NC[C@@H]1CC3(CC3)CN1C2=O. The van der Waals surface area contributed by atoms with Gasteiger partial charge in [0.05, 0.1) is 79.6 Å². The van der Waals surface area contributed by atoms with E-state index in [0.717, 1.165) is 76.6 Å². The number of hydrazine groups is 2. The van der Waals surface area contributed by atoms with Crippen molar-refractivity contribution < 1.29 is 67.1 Å². The number of carbonyl (C=O) groups is 8. The van der Waals surface area contributed by atoms with Crippen LogP contribution in [0.25, 0.3) is 11.4 Å². The summed E-state index contributed by atoms with van der Waals surface area (Å²) in [6, 6.07) is 26.7. The molecule has 552 valence electrons. The number of benzene rings is 5. The number of unbranched alkanes of at least 4 members (excludes halogenated alkanes) is 3. The fraction of sp³-hybridized carbons (Fsp3) is 0.487. The number of methoxy groups -OCH3 is 2. The first-order valence-corrected chi connectivity index (χ1v) is 36.6. The van der Waals surface area contributed by atoms with E-state index in [1.807, 2.05) is 59.5 Å². The van der Waals surface area contributed by atoms with E-state index >= 15 is 0 Å². The fourth-order valence-corrected chi connectivity index (χ4v) is 15.3. The second kappa shape index (κ2) is 30.7. The van der Waals surface area contributed by atoms with Crippen LogP contribution < -0.4 is 66.3 Å². The van der Waals surface area contributed by atoms with Crippen LogP contribution in [0.3, 0.4) is 0 Å². The predicted molar refractivity (Wildman–Crippen MR) is 390 cm³/mol. The van der Waals surface area contributed by atoms with Gasteiger partial charge in [0.15, 0.2) is 29.2 Å². The van der Waals surface area contributed by atoms with Gasteiger partial charge >= 0.3 is 6.09 Å². The molecule has 6 aliphatic heterocycles. The Kier molecular flexibility index (Phi) is 21.3. The first kappa shape index (κ1) is 72.3. The van der Waals surface area contributed by atoms with Gasteiger partial charge in [0.25, 0.3) is 11.8 Å². The number of nitrogens with zero attached hydrogens (tertiary/aromatic N) is 5. The van der Waals surface area contributed by atoms with Crippen LogP contribution in [0.4, 0.5) is 27.5 Å². The van der Waals surface area contributed by atoms with E-state index in [4.69, 9.17) is 23.7 Å². The molecule has 2 saturated heterocycles. The van der Waals surface area contributed by atoms with Crippen molar-refractivity contribution in [2.75, 3.05) is 74.0 Å². The number of hydrogen-bond donors (Lipinski definition) is 8. The lowest BCUT2D eigenvalue weighted by atomic mass is 9.95. The quantitative estimate of drug-likeness (QED) is 0.0227. The number of rotatable bonds is 27. The summed E-state index contributed by atoms with van der Waals surface area (Å²) in [7, 11) is 3.04. The van der Waals surface area contributed by atoms with Crippen LogP contribution in [0, 0.1) is 16.7 Å². The number of hydrogen-bond acceptors (Lipinski definition) is 18. The van der Waals surface area contributed by atoms with Crippen molar-refractivity contribution in [3.63, 3.8) is 0 Å². The molecule has 104 heavy (non-hydrogen) atoms. The molecule has 2 saturated carbocycles. The van der Waals surface area contributed by atoms with E-state index in [1.165, 1.54) is 26.9 Å². The molecule has 2 spiro atoms. The maximum Gasteiger partial charge on any atom is 0.416 e. The number of carbonyl (C=O) groups excluding carboxylic acids is 8. The third-order valence-corrected chi connectivity index (χ3v) is 21.5. The van der Waals surface area contributed by atoms with Gasteiger partial charge in [-0.1, -0.05) is 68.4 Å². The number of fused-ring (bicyclic) bond motifs is 8. The smallest absolute Gasteiger partial charge is 0.416 e. The van der Waals surface area contributed by atoms with Crippen molar-refractivity contribution in [1.29, 1.82) is 0 Å². The maximum atomic E-state index is 14.5. The summed E-state index contributed by atoms with van der Waals surface area (Å²) in [6.45, 7) is 12.3. The Bertz CT molecular complexity index is 4150. The van der Waals surface area contributed by atoms with Crippen LogP contribution in [-0.4, -0.2) is 157 Å². The highest BCUT2D eigenvalue weighted by Gasteiger charge is 2.58. The second-order valence-electron chi connectivity index (χ2n) is 29.6. The molecule has 26 nitrogen and oxygen atoms in total. The van der Waals surface area contributed by atoms with Gasteiger partial charge in [0.1, 0.15) is 18.7 Å². The summed E-state index contributed by atoms with van der Waals surface area (Å²) in [5.74, 6) is -0.938. The standard InChI is InChI=1S/C78H96N12O14/c1-46(2)68(83-66(92)21-13-14-32-79-65(91)26-27-67(93)86-42-50-17-9-10-18-53(50)69-70(90(47(3)4)85-84-69)54-19-11-12-20-58(54)86)72(95)81-48(5)71(94)82-51-24-22-49(23-25-51)43-104-76(99)89-59-38-64(62(101-7)36-56(59)74(97)88-45-78(30-31-78)40-60(88)75(89)98)103-34-16-8-15-33-102-63-37-57-55(35-61(63)100-6)73(96)87-44-77(28-29-77)39-52(87)41-80-57/h9-12,17-20,22-25,35-38,46-48,52,60,68,75,80,84-85,98H,8,13-16,21,26-34,39-45H2,1-7H3,(H,79,91)(H,81,95)(H,82,94)(H,83,92)/t48-,52-,60-,68-,75-/m0/s1. The zero-order chi connectivity index (χ0) is 73.1. The van der Waals surface area contributed by atoms with Gasteiger partial charge in [-0.25, -0.2) is 9.69 Å². The van der Waals surface area contributed by atoms with Crippen LogP contribution in [0.15, 0.2) is 97.1 Å². The van der Waals surface area contributed by atoms with Crippen LogP contribution in [-0.2, 0) is 41.9 Å². The third kappa shape index (κ3) is 15.4. The van der Waals surface area contributed by atoms with E-state index in [-0.39, 0.29) is 108 Å². The van der Waals surface area contributed by atoms with Crippen molar-refractivity contribution in [3.05, 3.63) is 130 Å². The number of nitrogens with one attached hydrogen (secondary N) is 7. The molecular formula is C78H96N12O14. The lowest BCUT2D eigenvalue weighted by molar-refractivity contribution is -0.131. The van der Waals surface area contributed by atoms with Gasteiger partial charge in [0.2, 0.25) is 29.5 Å². The average molecular weight is 1430 g/mol. The molecule has 4 fully saturated rings. The van der Waals surface area contributed by atoms with Crippen molar-refractivity contribution in [2.45, 2.75) is 174 Å². The van der Waals surface area contributed by atoms with Crippen molar-refractivity contribution in [3.8, 4) is 23.0 Å². The lowest BCUT2D eigenvalue weighted by Crippen LogP contribution is -2.53. The summed E-state index contributed by atoms with van der Waals surface area (Å²) < 4.78 is 29.9. The summed E-state index contributed by atoms with van der Waals surface area (Å²) in [5, 5.41) is 29.0. The predicted octanol–water partition coefficient (Wildman–Crippen LogP) is 8.98. The Morgan fingerprint density at radius 1 is 0.654 bits per heavy atom. The molecule has 13 rings (SSSR count). The fourth-order valence-electron chi connectivity index (χ4n) is 15.3. The van der Waals surface area contributed by atoms with E-state index in [0.29, 0.717) is 98.6 Å². The highest BCUT2D eigenvalue weighted by Crippen LogP contribution is 2.58. The number of aliphatic hydroxyl groups excluding tert-OH is 1. The van der Waals surface area contributed by atoms with E-state index < -0.39 is 42.3 Å². The third-order valence-electron chi connectivity index (χ3n) is 21.5. The topological polar surface area (TPSA) is 303 Å². The highest BCUT2D eigenvalue weighted by atomic mass is 16.6. The van der Waals surface area contributed by atoms with Gasteiger partial charge in [0, 0.05) is 86.5 Å². The maximum absolute atomic E-state index is 14.5. The zero-order valence-corrected chi connectivity index (χ0v) is 60.3. The molecule has 0 radical (unpaired) electrons. The Morgan fingerprint density at radius 2 is 1.32 bits per heavy atom. The van der Waals surface area contributed by atoms with Crippen molar-refractivity contribution in [2.24, 2.45) is 16.7 Å². The number of aliphatic hydroxyl groups is 1. The Balaban J connectivity index is 0.550. The molecule has 2 aliphatic carbocycles. The first-order valence-electron chi connectivity index (χ1n) is 36.6. The molecule has 8 aliphatic rings. The number of amides is 8. The minimum atomic E-state index is -1.45. The lowest BCUT2D eigenvalue weighted by Gasteiger charge is -2.32. The van der Waals surface area contributed by atoms with Crippen molar-refractivity contribution >= 4 is 81.6 Å². The molecule has 8 N–H and O–H groups in total. The molecule has 6 heterocycles. The Morgan fingerprint density at radius 3 is 2.02 bits per heavy atom. The zero-order valence-electron chi connectivity index (χ0n) is 60.3. The van der Waals surface area contributed by atoms with Gasteiger partial charge in [-0.15, -0.1) is 5.53 Å². The van der Waals surface area contributed by atoms with Crippen molar-refractivity contribution in [1.82, 2.24) is 41.7 Å². The van der Waals surface area contributed by atoms with Crippen LogP contribution in [0.5, 0.6) is 23.0 Å². The largest absolute Gasteiger partial charge is 0.493 e. The van der Waals surface area contributed by atoms with Gasteiger partial charge in [-0.3, -0.25) is 38.6 Å². The minimum Gasteiger partial charge on any atom is -0.493 e. The minimum absolute atomic E-state index is 0.0108. The molecule has 26 heteroatoms. The molecule has 8 amide bonds. The van der Waals surface area contributed by atoms with E-state index in [1.54, 1.807) is 73.2 Å². The molecule has 5 atom stereocenters. The summed E-state index contributed by atoms with van der Waals surface area (Å²) in [5.41, 5.74) is 14.8. The monoisotopic (exact) mass is 1420 g/mol. The highest BCUT2D eigenvalue weighted by molar-refractivity contribution is 6.07.